The molecule has 2 aromatic heterocycles. The average Bonchev–Trinajstić information content (AvgIpc) is 3.02. The molecule has 0 saturated carbocycles. The largest absolute Gasteiger partial charge is 0.332 e. The van der Waals surface area contributed by atoms with Crippen molar-refractivity contribution in [2.45, 2.75) is 38.3 Å². The number of aromatic nitrogens is 3. The second kappa shape index (κ2) is 7.58. The molecule has 1 atom stereocenters. The van der Waals surface area contributed by atoms with Crippen molar-refractivity contribution in [2.75, 3.05) is 5.32 Å². The van der Waals surface area contributed by atoms with Crippen LogP contribution in [-0.4, -0.2) is 26.8 Å². The van der Waals surface area contributed by atoms with Crippen molar-refractivity contribution in [1.82, 2.24) is 20.1 Å². The number of aryl methyl sites for hydroxylation is 2. The molecule has 23 heavy (non-hydrogen) atoms. The summed E-state index contributed by atoms with van der Waals surface area (Å²) < 4.78 is 1.81. The summed E-state index contributed by atoms with van der Waals surface area (Å²) in [6, 6.07) is 7.58. The summed E-state index contributed by atoms with van der Waals surface area (Å²) in [6.45, 7) is 0.728. The van der Waals surface area contributed by atoms with Crippen LogP contribution in [0.15, 0.2) is 48.8 Å². The predicted octanol–water partition coefficient (Wildman–Crippen LogP) is 2.75. The fourth-order valence-electron chi connectivity index (χ4n) is 2.58. The van der Waals surface area contributed by atoms with E-state index in [1.807, 2.05) is 29.1 Å². The van der Waals surface area contributed by atoms with E-state index in [0.29, 0.717) is 5.82 Å². The minimum absolute atomic E-state index is 0.120. The first-order chi connectivity index (χ1) is 11.3. The van der Waals surface area contributed by atoms with Crippen LogP contribution in [0.5, 0.6) is 0 Å². The van der Waals surface area contributed by atoms with Gasteiger partial charge in [0.15, 0.2) is 5.82 Å². The maximum Gasteiger partial charge on any atom is 0.320 e. The average molecular weight is 311 g/mol. The van der Waals surface area contributed by atoms with Crippen molar-refractivity contribution in [3.05, 3.63) is 54.5 Å². The second-order valence-electron chi connectivity index (χ2n) is 5.60. The summed E-state index contributed by atoms with van der Waals surface area (Å²) in [5, 5.41) is 10.1. The Morgan fingerprint density at radius 3 is 3.09 bits per heavy atom. The molecule has 2 aromatic rings. The van der Waals surface area contributed by atoms with Gasteiger partial charge in [-0.3, -0.25) is 15.0 Å². The van der Waals surface area contributed by atoms with Gasteiger partial charge in [-0.2, -0.15) is 5.10 Å². The first-order valence-electron chi connectivity index (χ1n) is 7.97. The van der Waals surface area contributed by atoms with Gasteiger partial charge in [0.1, 0.15) is 0 Å². The lowest BCUT2D eigenvalue weighted by molar-refractivity contribution is 0.249. The summed E-state index contributed by atoms with van der Waals surface area (Å²) in [7, 11) is 0. The minimum Gasteiger partial charge on any atom is -0.332 e. The minimum atomic E-state index is -0.212. The highest BCUT2D eigenvalue weighted by Gasteiger charge is 2.12. The van der Waals surface area contributed by atoms with E-state index in [1.165, 1.54) is 0 Å². The molecular formula is C17H21N5O. The third kappa shape index (κ3) is 4.67. The van der Waals surface area contributed by atoms with Crippen LogP contribution in [0.1, 0.15) is 25.0 Å². The summed E-state index contributed by atoms with van der Waals surface area (Å²) >= 11 is 0. The Hall–Kier alpha value is -2.63. The lowest BCUT2D eigenvalue weighted by atomic mass is 10.0. The molecular weight excluding hydrogens is 290 g/mol. The van der Waals surface area contributed by atoms with Gasteiger partial charge in [0, 0.05) is 43.2 Å². The third-order valence-electron chi connectivity index (χ3n) is 3.78. The molecule has 6 nitrogen and oxygen atoms in total. The molecule has 2 N–H and O–H groups in total. The van der Waals surface area contributed by atoms with E-state index in [1.54, 1.807) is 12.3 Å². The fourth-order valence-corrected chi connectivity index (χ4v) is 2.58. The van der Waals surface area contributed by atoms with E-state index in [9.17, 15) is 4.79 Å². The molecule has 0 aliphatic heterocycles. The number of carbonyl (C=O) groups excluding carboxylic acids is 1. The van der Waals surface area contributed by atoms with E-state index in [4.69, 9.17) is 0 Å². The van der Waals surface area contributed by atoms with Crippen LogP contribution in [0.2, 0.25) is 0 Å². The Kier molecular flexibility index (Phi) is 5.03. The number of nitrogens with one attached hydrogen (secondary N) is 2. The predicted molar refractivity (Wildman–Crippen MR) is 89.1 cm³/mol. The van der Waals surface area contributed by atoms with E-state index < -0.39 is 0 Å². The lowest BCUT2D eigenvalue weighted by Crippen LogP contribution is -2.37. The third-order valence-corrected chi connectivity index (χ3v) is 3.78. The first-order valence-corrected chi connectivity index (χ1v) is 7.97. The van der Waals surface area contributed by atoms with Gasteiger partial charge in [0.2, 0.25) is 0 Å². The molecule has 2 heterocycles. The summed E-state index contributed by atoms with van der Waals surface area (Å²) in [6.07, 6.45) is 11.8. The lowest BCUT2D eigenvalue weighted by Gasteiger charge is -2.17. The van der Waals surface area contributed by atoms with E-state index in [0.717, 1.165) is 37.9 Å². The van der Waals surface area contributed by atoms with E-state index in [-0.39, 0.29) is 12.1 Å². The summed E-state index contributed by atoms with van der Waals surface area (Å²) in [5.74, 6) is 0.559. The zero-order chi connectivity index (χ0) is 15.9. The van der Waals surface area contributed by atoms with Gasteiger partial charge >= 0.3 is 6.03 Å². The summed E-state index contributed by atoms with van der Waals surface area (Å²) in [5.41, 5.74) is 1.03. The van der Waals surface area contributed by atoms with Crippen LogP contribution in [0.4, 0.5) is 10.6 Å². The number of allylic oxidation sites excluding steroid dienone is 1. The quantitative estimate of drug-likeness (QED) is 0.834. The smallest absolute Gasteiger partial charge is 0.320 e. The number of rotatable bonds is 5. The van der Waals surface area contributed by atoms with Crippen molar-refractivity contribution < 1.29 is 4.79 Å². The zero-order valence-corrected chi connectivity index (χ0v) is 13.0. The van der Waals surface area contributed by atoms with Gasteiger partial charge in [0.25, 0.3) is 0 Å². The zero-order valence-electron chi connectivity index (χ0n) is 13.0. The molecule has 1 aliphatic carbocycles. The summed E-state index contributed by atoms with van der Waals surface area (Å²) in [4.78, 5) is 16.2. The molecule has 1 aliphatic rings. The number of hydrogen-bond acceptors (Lipinski definition) is 3. The van der Waals surface area contributed by atoms with Gasteiger partial charge in [0.05, 0.1) is 0 Å². The number of nitrogens with zero attached hydrogens (tertiary/aromatic N) is 3. The Morgan fingerprint density at radius 2 is 2.30 bits per heavy atom. The van der Waals surface area contributed by atoms with Gasteiger partial charge in [-0.05, 0) is 31.4 Å². The van der Waals surface area contributed by atoms with Gasteiger partial charge < -0.3 is 5.32 Å². The van der Waals surface area contributed by atoms with Crippen molar-refractivity contribution >= 4 is 11.8 Å². The highest BCUT2D eigenvalue weighted by Crippen LogP contribution is 2.10. The molecule has 0 fully saturated rings. The maximum absolute atomic E-state index is 12.0. The topological polar surface area (TPSA) is 71.8 Å². The molecule has 0 radical (unpaired) electrons. The Bertz CT molecular complexity index is 665. The maximum atomic E-state index is 12.0. The number of amides is 2. The van der Waals surface area contributed by atoms with Crippen LogP contribution >= 0.6 is 0 Å². The van der Waals surface area contributed by atoms with E-state index in [2.05, 4.69) is 32.9 Å². The molecule has 0 bridgehead atoms. The Morgan fingerprint density at radius 1 is 1.35 bits per heavy atom. The number of hydrogen-bond donors (Lipinski definition) is 2. The molecule has 0 unspecified atom stereocenters. The van der Waals surface area contributed by atoms with Crippen molar-refractivity contribution in [3.63, 3.8) is 0 Å². The molecule has 0 aromatic carbocycles. The highest BCUT2D eigenvalue weighted by molar-refractivity contribution is 5.88. The van der Waals surface area contributed by atoms with Crippen molar-refractivity contribution in [1.29, 1.82) is 0 Å². The number of pyridine rings is 1. The molecule has 0 saturated heterocycles. The number of carbonyl (C=O) groups is 1. The second-order valence-corrected chi connectivity index (χ2v) is 5.60. The number of urea groups is 1. The molecule has 2 amide bonds. The fraction of sp³-hybridized carbons (Fsp3) is 0.353. The van der Waals surface area contributed by atoms with Crippen LogP contribution in [0.3, 0.4) is 0 Å². The van der Waals surface area contributed by atoms with E-state index >= 15 is 0 Å². The Labute approximate surface area is 135 Å². The first kappa shape index (κ1) is 15.3. The Balaban J connectivity index is 1.47. The van der Waals surface area contributed by atoms with Gasteiger partial charge in [-0.25, -0.2) is 4.79 Å². The van der Waals surface area contributed by atoms with Crippen LogP contribution in [0.25, 0.3) is 0 Å². The van der Waals surface area contributed by atoms with Gasteiger partial charge in [-0.15, -0.1) is 0 Å². The van der Waals surface area contributed by atoms with Crippen LogP contribution < -0.4 is 10.6 Å². The number of anilines is 1. The molecule has 6 heteroatoms. The van der Waals surface area contributed by atoms with Gasteiger partial charge in [-0.1, -0.05) is 18.2 Å². The molecule has 0 spiro atoms. The normalized spacial score (nSPS) is 17.0. The highest BCUT2D eigenvalue weighted by atomic mass is 16.2. The standard InChI is InChI=1S/C17H21N5O/c23-17(19-15-7-2-1-3-8-15)20-16-10-13-22(21-16)12-9-14-6-4-5-11-18-14/h2,4-7,10-11,13,15H,1,3,8-9,12H2,(H2,19,20,21,23)/t15-/m1/s1. The molecule has 120 valence electrons. The monoisotopic (exact) mass is 311 g/mol. The van der Waals surface area contributed by atoms with Crippen molar-refractivity contribution in [3.8, 4) is 0 Å². The SMILES string of the molecule is O=C(Nc1ccn(CCc2ccccn2)n1)N[C@@H]1C=CCCC1. The van der Waals surface area contributed by atoms with Crippen LogP contribution in [0, 0.1) is 0 Å². The molecule has 3 rings (SSSR count). The van der Waals surface area contributed by atoms with Crippen molar-refractivity contribution in [2.24, 2.45) is 0 Å². The van der Waals surface area contributed by atoms with Crippen LogP contribution in [-0.2, 0) is 13.0 Å².